The number of halogens is 1. The van der Waals surface area contributed by atoms with Gasteiger partial charge in [0, 0.05) is 24.0 Å². The highest BCUT2D eigenvalue weighted by atomic mass is 79.9. The highest BCUT2D eigenvalue weighted by Gasteiger charge is 2.09. The molecule has 28 heavy (non-hydrogen) atoms. The Morgan fingerprint density at radius 1 is 1.04 bits per heavy atom. The van der Waals surface area contributed by atoms with Gasteiger partial charge in [-0.3, -0.25) is 9.59 Å². The summed E-state index contributed by atoms with van der Waals surface area (Å²) in [6, 6.07) is 12.9. The minimum absolute atomic E-state index is 0.0667. The van der Waals surface area contributed by atoms with Crippen molar-refractivity contribution < 1.29 is 19.1 Å². The molecule has 0 unspecified atom stereocenters. The fourth-order valence-corrected chi connectivity index (χ4v) is 3.07. The maximum absolute atomic E-state index is 12.1. The molecule has 0 saturated carbocycles. The Bertz CT molecular complexity index is 811. The molecule has 0 atom stereocenters. The van der Waals surface area contributed by atoms with Gasteiger partial charge in [-0.25, -0.2) is 0 Å². The third-order valence-electron chi connectivity index (χ3n) is 4.02. The lowest BCUT2D eigenvalue weighted by Gasteiger charge is -2.11. The van der Waals surface area contributed by atoms with Crippen molar-refractivity contribution in [3.8, 4) is 11.5 Å². The van der Waals surface area contributed by atoms with Gasteiger partial charge in [0.2, 0.25) is 5.91 Å². The summed E-state index contributed by atoms with van der Waals surface area (Å²) < 4.78 is 11.6. The predicted octanol–water partition coefficient (Wildman–Crippen LogP) is 3.34. The molecule has 0 radical (unpaired) electrons. The molecule has 7 heteroatoms. The van der Waals surface area contributed by atoms with Crippen LogP contribution in [0.5, 0.6) is 11.5 Å². The number of rotatable bonds is 10. The Morgan fingerprint density at radius 3 is 2.50 bits per heavy atom. The van der Waals surface area contributed by atoms with Crippen LogP contribution in [0.2, 0.25) is 0 Å². The molecule has 2 N–H and O–H groups in total. The maximum atomic E-state index is 12.1. The van der Waals surface area contributed by atoms with Gasteiger partial charge in [0.1, 0.15) is 0 Å². The van der Waals surface area contributed by atoms with Crippen LogP contribution in [0.3, 0.4) is 0 Å². The second-order valence-electron chi connectivity index (χ2n) is 6.00. The van der Waals surface area contributed by atoms with Gasteiger partial charge in [-0.2, -0.15) is 0 Å². The van der Waals surface area contributed by atoms with E-state index in [1.165, 1.54) is 0 Å². The Balaban J connectivity index is 1.71. The minimum atomic E-state index is -0.178. The van der Waals surface area contributed by atoms with E-state index in [1.54, 1.807) is 19.2 Å². The zero-order valence-corrected chi connectivity index (χ0v) is 17.7. The number of methoxy groups -OCH3 is 1. The topological polar surface area (TPSA) is 76.7 Å². The fourth-order valence-electron chi connectivity index (χ4n) is 2.61. The van der Waals surface area contributed by atoms with Gasteiger partial charge < -0.3 is 20.1 Å². The highest BCUT2D eigenvalue weighted by Crippen LogP contribution is 2.28. The first-order valence-electron chi connectivity index (χ1n) is 9.14. The van der Waals surface area contributed by atoms with Crippen LogP contribution in [0.1, 0.15) is 29.3 Å². The zero-order valence-electron chi connectivity index (χ0n) is 16.1. The first-order chi connectivity index (χ1) is 13.5. The summed E-state index contributed by atoms with van der Waals surface area (Å²) in [7, 11) is 1.59. The summed E-state index contributed by atoms with van der Waals surface area (Å²) >= 11 is 3.35. The predicted molar refractivity (Wildman–Crippen MR) is 112 cm³/mol. The third-order valence-corrected chi connectivity index (χ3v) is 4.71. The number of ether oxygens (including phenoxy) is 2. The van der Waals surface area contributed by atoms with E-state index >= 15 is 0 Å². The Labute approximate surface area is 173 Å². The SMILES string of the molecule is CCOc1ccc(CCC(=O)NCCNC(=O)c2ccccc2Br)cc1OC. The molecule has 2 aromatic rings. The second-order valence-corrected chi connectivity index (χ2v) is 6.86. The largest absolute Gasteiger partial charge is 0.493 e. The second kappa shape index (κ2) is 11.3. The maximum Gasteiger partial charge on any atom is 0.252 e. The van der Waals surface area contributed by atoms with E-state index < -0.39 is 0 Å². The van der Waals surface area contributed by atoms with Gasteiger partial charge >= 0.3 is 0 Å². The molecule has 0 spiro atoms. The van der Waals surface area contributed by atoms with Crippen molar-refractivity contribution in [1.29, 1.82) is 0 Å². The molecule has 0 aliphatic rings. The van der Waals surface area contributed by atoms with Crippen LogP contribution in [0.25, 0.3) is 0 Å². The van der Waals surface area contributed by atoms with E-state index in [0.29, 0.717) is 49.6 Å². The van der Waals surface area contributed by atoms with E-state index in [2.05, 4.69) is 26.6 Å². The first-order valence-corrected chi connectivity index (χ1v) is 9.93. The van der Waals surface area contributed by atoms with Gasteiger partial charge in [-0.05, 0) is 59.1 Å². The lowest BCUT2D eigenvalue weighted by atomic mass is 10.1. The summed E-state index contributed by atoms with van der Waals surface area (Å²) in [5, 5.41) is 5.60. The number of carbonyl (C=O) groups excluding carboxylic acids is 2. The number of aryl methyl sites for hydroxylation is 1. The molecule has 6 nitrogen and oxygen atoms in total. The van der Waals surface area contributed by atoms with Crippen molar-refractivity contribution in [2.75, 3.05) is 26.8 Å². The third kappa shape index (κ3) is 6.56. The molecule has 0 aliphatic carbocycles. The first kappa shape index (κ1) is 21.8. The van der Waals surface area contributed by atoms with Crippen LogP contribution in [-0.2, 0) is 11.2 Å². The van der Waals surface area contributed by atoms with Gasteiger partial charge in [0.25, 0.3) is 5.91 Å². The molecular weight excluding hydrogens is 424 g/mol. The van der Waals surface area contributed by atoms with Gasteiger partial charge in [0.15, 0.2) is 11.5 Å². The summed E-state index contributed by atoms with van der Waals surface area (Å²) in [6.07, 6.45) is 0.952. The van der Waals surface area contributed by atoms with Crippen LogP contribution in [0.15, 0.2) is 46.9 Å². The summed E-state index contributed by atoms with van der Waals surface area (Å²) in [5.41, 5.74) is 1.57. The standard InChI is InChI=1S/C21H25BrN2O4/c1-3-28-18-10-8-15(14-19(18)27-2)9-11-20(25)23-12-13-24-21(26)16-6-4-5-7-17(16)22/h4-8,10,14H,3,9,11-13H2,1-2H3,(H,23,25)(H,24,26). The number of hydrogen-bond donors (Lipinski definition) is 2. The van der Waals surface area contributed by atoms with Crippen molar-refractivity contribution in [2.45, 2.75) is 19.8 Å². The van der Waals surface area contributed by atoms with Crippen LogP contribution in [0.4, 0.5) is 0 Å². The number of nitrogens with one attached hydrogen (secondary N) is 2. The molecule has 2 amide bonds. The summed E-state index contributed by atoms with van der Waals surface area (Å²) in [4.78, 5) is 24.1. The highest BCUT2D eigenvalue weighted by molar-refractivity contribution is 9.10. The average molecular weight is 449 g/mol. The van der Waals surface area contributed by atoms with Gasteiger partial charge in [-0.1, -0.05) is 18.2 Å². The van der Waals surface area contributed by atoms with E-state index in [0.717, 1.165) is 10.0 Å². The molecule has 0 aliphatic heterocycles. The number of amides is 2. The minimum Gasteiger partial charge on any atom is -0.493 e. The molecule has 0 aromatic heterocycles. The van der Waals surface area contributed by atoms with E-state index in [-0.39, 0.29) is 11.8 Å². The molecule has 2 rings (SSSR count). The van der Waals surface area contributed by atoms with E-state index in [1.807, 2.05) is 37.3 Å². The van der Waals surface area contributed by atoms with E-state index in [4.69, 9.17) is 9.47 Å². The van der Waals surface area contributed by atoms with Crippen molar-refractivity contribution in [2.24, 2.45) is 0 Å². The lowest BCUT2D eigenvalue weighted by molar-refractivity contribution is -0.121. The lowest BCUT2D eigenvalue weighted by Crippen LogP contribution is -2.34. The van der Waals surface area contributed by atoms with Gasteiger partial charge in [0.05, 0.1) is 19.3 Å². The number of carbonyl (C=O) groups is 2. The molecule has 0 saturated heterocycles. The van der Waals surface area contributed by atoms with Crippen LogP contribution < -0.4 is 20.1 Å². The molecular formula is C21H25BrN2O4. The van der Waals surface area contributed by atoms with Crippen LogP contribution >= 0.6 is 15.9 Å². The van der Waals surface area contributed by atoms with Crippen molar-refractivity contribution in [3.05, 3.63) is 58.1 Å². The van der Waals surface area contributed by atoms with Gasteiger partial charge in [-0.15, -0.1) is 0 Å². The van der Waals surface area contributed by atoms with Crippen molar-refractivity contribution in [3.63, 3.8) is 0 Å². The van der Waals surface area contributed by atoms with Crippen LogP contribution in [-0.4, -0.2) is 38.6 Å². The Kier molecular flexibility index (Phi) is 8.81. The number of hydrogen-bond acceptors (Lipinski definition) is 4. The average Bonchev–Trinajstić information content (AvgIpc) is 2.70. The molecule has 150 valence electrons. The smallest absolute Gasteiger partial charge is 0.252 e. The monoisotopic (exact) mass is 448 g/mol. The summed E-state index contributed by atoms with van der Waals surface area (Å²) in [5.74, 6) is 1.11. The Hall–Kier alpha value is -2.54. The molecule has 0 heterocycles. The Morgan fingerprint density at radius 2 is 1.79 bits per heavy atom. The number of benzene rings is 2. The quantitative estimate of drug-likeness (QED) is 0.546. The summed E-state index contributed by atoms with van der Waals surface area (Å²) in [6.45, 7) is 3.22. The fraction of sp³-hybridized carbons (Fsp3) is 0.333. The van der Waals surface area contributed by atoms with E-state index in [9.17, 15) is 9.59 Å². The normalized spacial score (nSPS) is 10.2. The molecule has 0 bridgehead atoms. The van der Waals surface area contributed by atoms with Crippen LogP contribution in [0, 0.1) is 0 Å². The molecule has 0 fully saturated rings. The molecule has 2 aromatic carbocycles. The van der Waals surface area contributed by atoms with Crippen molar-refractivity contribution >= 4 is 27.7 Å². The zero-order chi connectivity index (χ0) is 20.4. The van der Waals surface area contributed by atoms with Crippen molar-refractivity contribution in [1.82, 2.24) is 10.6 Å².